The maximum absolute atomic E-state index is 11.9. The highest BCUT2D eigenvalue weighted by Crippen LogP contribution is 2.13. The molecule has 0 spiro atoms. The fourth-order valence-corrected chi connectivity index (χ4v) is 2.38. The van der Waals surface area contributed by atoms with Crippen molar-refractivity contribution in [2.75, 3.05) is 13.7 Å². The summed E-state index contributed by atoms with van der Waals surface area (Å²) in [5, 5.41) is 11.8. The maximum Gasteiger partial charge on any atom is 0.335 e. The van der Waals surface area contributed by atoms with Crippen LogP contribution in [0.25, 0.3) is 0 Å². The summed E-state index contributed by atoms with van der Waals surface area (Å²) in [6.07, 6.45) is 1.66. The minimum absolute atomic E-state index is 0.0211. The summed E-state index contributed by atoms with van der Waals surface area (Å²) in [7, 11) is 1.62. The van der Waals surface area contributed by atoms with E-state index in [2.05, 4.69) is 5.32 Å². The largest absolute Gasteiger partial charge is 0.497 e. The summed E-state index contributed by atoms with van der Waals surface area (Å²) < 4.78 is 5.16. The Balaban J connectivity index is 1.75. The summed E-state index contributed by atoms with van der Waals surface area (Å²) in [6, 6.07) is 14.4. The third kappa shape index (κ3) is 5.43. The van der Waals surface area contributed by atoms with E-state index in [1.54, 1.807) is 25.3 Å². The van der Waals surface area contributed by atoms with E-state index < -0.39 is 5.97 Å². The highest BCUT2D eigenvalue weighted by molar-refractivity contribution is 5.87. The molecule has 2 aromatic carbocycles. The standard InChI is InChI=1S/C19H21NO4/c1-24-17-7-3-5-14(13-17)8-9-18(21)20-11-10-15-4-2-6-16(12-15)19(22)23/h2-7,12-13H,8-11H2,1H3,(H,20,21)(H,22,23). The van der Waals surface area contributed by atoms with Crippen LogP contribution < -0.4 is 10.1 Å². The molecule has 0 saturated heterocycles. The molecule has 0 bridgehead atoms. The molecule has 0 heterocycles. The maximum atomic E-state index is 11.9. The molecule has 0 aliphatic heterocycles. The zero-order chi connectivity index (χ0) is 17.4. The van der Waals surface area contributed by atoms with Crippen molar-refractivity contribution in [3.05, 3.63) is 65.2 Å². The number of hydrogen-bond acceptors (Lipinski definition) is 3. The van der Waals surface area contributed by atoms with Crippen LogP contribution in [0.15, 0.2) is 48.5 Å². The quantitative estimate of drug-likeness (QED) is 0.781. The third-order valence-electron chi connectivity index (χ3n) is 3.68. The number of carboxylic acids is 1. The third-order valence-corrected chi connectivity index (χ3v) is 3.68. The van der Waals surface area contributed by atoms with Crippen molar-refractivity contribution in [1.82, 2.24) is 5.32 Å². The van der Waals surface area contributed by atoms with Crippen LogP contribution in [0.3, 0.4) is 0 Å². The minimum Gasteiger partial charge on any atom is -0.497 e. The zero-order valence-electron chi connectivity index (χ0n) is 13.6. The molecule has 5 heteroatoms. The van der Waals surface area contributed by atoms with Gasteiger partial charge in [-0.2, -0.15) is 0 Å². The number of aryl methyl sites for hydroxylation is 1. The molecule has 0 saturated carbocycles. The van der Waals surface area contributed by atoms with Gasteiger partial charge in [0.2, 0.25) is 5.91 Å². The van der Waals surface area contributed by atoms with Gasteiger partial charge >= 0.3 is 5.97 Å². The number of ether oxygens (including phenoxy) is 1. The van der Waals surface area contributed by atoms with E-state index in [0.29, 0.717) is 25.8 Å². The van der Waals surface area contributed by atoms with Gasteiger partial charge in [-0.15, -0.1) is 0 Å². The SMILES string of the molecule is COc1cccc(CCC(=O)NCCc2cccc(C(=O)O)c2)c1. The highest BCUT2D eigenvalue weighted by atomic mass is 16.5. The van der Waals surface area contributed by atoms with Crippen LogP contribution in [-0.2, 0) is 17.6 Å². The van der Waals surface area contributed by atoms with E-state index in [-0.39, 0.29) is 11.5 Å². The summed E-state index contributed by atoms with van der Waals surface area (Å²) in [5.74, 6) is -0.183. The Morgan fingerprint density at radius 3 is 2.46 bits per heavy atom. The van der Waals surface area contributed by atoms with Crippen LogP contribution in [0.5, 0.6) is 5.75 Å². The fraction of sp³-hybridized carbons (Fsp3) is 0.263. The Morgan fingerprint density at radius 1 is 1.04 bits per heavy atom. The van der Waals surface area contributed by atoms with Crippen LogP contribution in [0.2, 0.25) is 0 Å². The van der Waals surface area contributed by atoms with Gasteiger partial charge in [-0.05, 0) is 48.2 Å². The molecule has 0 aromatic heterocycles. The van der Waals surface area contributed by atoms with E-state index in [4.69, 9.17) is 9.84 Å². The van der Waals surface area contributed by atoms with Crippen LogP contribution in [0.4, 0.5) is 0 Å². The molecule has 0 atom stereocenters. The van der Waals surface area contributed by atoms with Crippen LogP contribution in [-0.4, -0.2) is 30.6 Å². The molecule has 1 amide bonds. The lowest BCUT2D eigenvalue weighted by molar-refractivity contribution is -0.121. The molecule has 2 aromatic rings. The first kappa shape index (κ1) is 17.5. The van der Waals surface area contributed by atoms with E-state index in [0.717, 1.165) is 16.9 Å². The van der Waals surface area contributed by atoms with Crippen LogP contribution in [0, 0.1) is 0 Å². The molecule has 0 unspecified atom stereocenters. The second-order valence-corrected chi connectivity index (χ2v) is 5.46. The van der Waals surface area contributed by atoms with Gasteiger partial charge in [0.15, 0.2) is 0 Å². The fourth-order valence-electron chi connectivity index (χ4n) is 2.38. The molecule has 2 rings (SSSR count). The van der Waals surface area contributed by atoms with Gasteiger partial charge in [-0.3, -0.25) is 4.79 Å². The number of nitrogens with one attached hydrogen (secondary N) is 1. The summed E-state index contributed by atoms with van der Waals surface area (Å²) in [5.41, 5.74) is 2.21. The number of hydrogen-bond donors (Lipinski definition) is 2. The van der Waals surface area contributed by atoms with Crippen molar-refractivity contribution in [1.29, 1.82) is 0 Å². The second kappa shape index (κ2) is 8.72. The topological polar surface area (TPSA) is 75.6 Å². The molecule has 2 N–H and O–H groups in total. The Labute approximate surface area is 141 Å². The summed E-state index contributed by atoms with van der Waals surface area (Å²) in [6.45, 7) is 0.486. The van der Waals surface area contributed by atoms with Crippen molar-refractivity contribution >= 4 is 11.9 Å². The minimum atomic E-state index is -0.945. The van der Waals surface area contributed by atoms with Gasteiger partial charge in [0.05, 0.1) is 12.7 Å². The molecule has 24 heavy (non-hydrogen) atoms. The molecule has 0 aliphatic carbocycles. The summed E-state index contributed by atoms with van der Waals surface area (Å²) in [4.78, 5) is 22.8. The Morgan fingerprint density at radius 2 is 1.75 bits per heavy atom. The van der Waals surface area contributed by atoms with Gasteiger partial charge in [0.1, 0.15) is 5.75 Å². The molecular weight excluding hydrogens is 306 g/mol. The number of carboxylic acid groups (broad SMARTS) is 1. The van der Waals surface area contributed by atoms with Crippen LogP contribution >= 0.6 is 0 Å². The van der Waals surface area contributed by atoms with Gasteiger partial charge in [-0.25, -0.2) is 4.79 Å². The first-order valence-electron chi connectivity index (χ1n) is 7.80. The molecule has 0 radical (unpaired) electrons. The Kier molecular flexibility index (Phi) is 6.37. The Bertz CT molecular complexity index is 712. The molecule has 126 valence electrons. The predicted molar refractivity (Wildman–Crippen MR) is 91.4 cm³/mol. The lowest BCUT2D eigenvalue weighted by Crippen LogP contribution is -2.25. The smallest absolute Gasteiger partial charge is 0.335 e. The van der Waals surface area contributed by atoms with Crippen molar-refractivity contribution in [2.45, 2.75) is 19.3 Å². The predicted octanol–water partition coefficient (Wildman–Crippen LogP) is 2.68. The Hall–Kier alpha value is -2.82. The van der Waals surface area contributed by atoms with Gasteiger partial charge in [0, 0.05) is 13.0 Å². The monoisotopic (exact) mass is 327 g/mol. The van der Waals surface area contributed by atoms with E-state index in [1.807, 2.05) is 30.3 Å². The second-order valence-electron chi connectivity index (χ2n) is 5.46. The number of carbonyl (C=O) groups excluding carboxylic acids is 1. The average molecular weight is 327 g/mol. The molecule has 0 fully saturated rings. The number of amides is 1. The number of aromatic carboxylic acids is 1. The normalized spacial score (nSPS) is 10.2. The first-order valence-corrected chi connectivity index (χ1v) is 7.80. The molecular formula is C19H21NO4. The van der Waals surface area contributed by atoms with E-state index in [9.17, 15) is 9.59 Å². The van der Waals surface area contributed by atoms with Gasteiger partial charge in [0.25, 0.3) is 0 Å². The van der Waals surface area contributed by atoms with Gasteiger partial charge < -0.3 is 15.2 Å². The lowest BCUT2D eigenvalue weighted by Gasteiger charge is -2.07. The van der Waals surface area contributed by atoms with E-state index >= 15 is 0 Å². The van der Waals surface area contributed by atoms with E-state index in [1.165, 1.54) is 0 Å². The average Bonchev–Trinajstić information content (AvgIpc) is 2.60. The number of carbonyl (C=O) groups is 2. The molecule has 5 nitrogen and oxygen atoms in total. The van der Waals surface area contributed by atoms with Crippen molar-refractivity contribution in [2.24, 2.45) is 0 Å². The lowest BCUT2D eigenvalue weighted by atomic mass is 10.1. The zero-order valence-corrected chi connectivity index (χ0v) is 13.6. The molecule has 0 aliphatic rings. The van der Waals surface area contributed by atoms with Crippen molar-refractivity contribution in [3.8, 4) is 5.75 Å². The van der Waals surface area contributed by atoms with Crippen molar-refractivity contribution in [3.63, 3.8) is 0 Å². The summed E-state index contributed by atoms with van der Waals surface area (Å²) >= 11 is 0. The number of methoxy groups -OCH3 is 1. The number of benzene rings is 2. The van der Waals surface area contributed by atoms with Crippen molar-refractivity contribution < 1.29 is 19.4 Å². The highest BCUT2D eigenvalue weighted by Gasteiger charge is 2.05. The van der Waals surface area contributed by atoms with Crippen LogP contribution in [0.1, 0.15) is 27.9 Å². The number of rotatable bonds is 8. The first-order chi connectivity index (χ1) is 11.6. The van der Waals surface area contributed by atoms with Gasteiger partial charge in [-0.1, -0.05) is 24.3 Å².